The van der Waals surface area contributed by atoms with Crippen molar-refractivity contribution in [2.75, 3.05) is 75.9 Å². The molecule has 4 aliphatic rings. The first kappa shape index (κ1) is 20.9. The van der Waals surface area contributed by atoms with Gasteiger partial charge in [-0.05, 0) is 38.8 Å². The number of carbonyl (C=O) groups is 1. The van der Waals surface area contributed by atoms with E-state index in [1.54, 1.807) is 6.33 Å². The summed E-state index contributed by atoms with van der Waals surface area (Å²) in [5.74, 6) is 2.13. The Morgan fingerprint density at radius 3 is 2.39 bits per heavy atom. The zero-order chi connectivity index (χ0) is 21.2. The number of likely N-dealkylation sites (N-methyl/N-ethyl adjacent to an activating group) is 1. The first-order valence-corrected chi connectivity index (χ1v) is 11.8. The molecule has 9 nitrogen and oxygen atoms in total. The highest BCUT2D eigenvalue weighted by Crippen LogP contribution is 2.33. The highest BCUT2D eigenvalue weighted by atomic mass is 16.5. The van der Waals surface area contributed by atoms with Gasteiger partial charge in [-0.1, -0.05) is 0 Å². The average Bonchev–Trinajstić information content (AvgIpc) is 2.96. The number of hydrogen-bond donors (Lipinski definition) is 1. The van der Waals surface area contributed by atoms with Crippen molar-refractivity contribution in [1.82, 2.24) is 25.1 Å². The Balaban J connectivity index is 1.35. The minimum atomic E-state index is 0.198. The number of hydrogen-bond acceptors (Lipinski definition) is 8. The van der Waals surface area contributed by atoms with Crippen molar-refractivity contribution in [3.63, 3.8) is 0 Å². The topological polar surface area (TPSA) is 77.1 Å². The molecule has 5 rings (SSSR count). The molecule has 0 bridgehead atoms. The maximum atomic E-state index is 13.1. The minimum absolute atomic E-state index is 0.198. The third-order valence-electron chi connectivity index (χ3n) is 7.36. The molecule has 0 aromatic carbocycles. The lowest BCUT2D eigenvalue weighted by atomic mass is 10.0. The van der Waals surface area contributed by atoms with E-state index in [2.05, 4.69) is 25.0 Å². The predicted molar refractivity (Wildman–Crippen MR) is 119 cm³/mol. The molecule has 0 unspecified atom stereocenters. The standard InChI is InChI=1S/C22H35N7O2/c1-26-15-20(30)29(18-2-6-23-7-3-18)14-19-21(26)24-16-25-22(19)28-8-4-17(5-9-28)27-10-12-31-13-11-27/h16-18,23H,2-15H2,1H3. The second kappa shape index (κ2) is 9.26. The highest BCUT2D eigenvalue weighted by Gasteiger charge is 2.34. The second-order valence-electron chi connectivity index (χ2n) is 9.22. The van der Waals surface area contributed by atoms with E-state index < -0.39 is 0 Å². The minimum Gasteiger partial charge on any atom is -0.379 e. The Labute approximate surface area is 184 Å². The molecule has 0 aliphatic carbocycles. The molecule has 1 N–H and O–H groups in total. The van der Waals surface area contributed by atoms with Gasteiger partial charge in [-0.2, -0.15) is 0 Å². The molecule has 1 aromatic rings. The van der Waals surface area contributed by atoms with Gasteiger partial charge in [0, 0.05) is 45.3 Å². The lowest BCUT2D eigenvalue weighted by Gasteiger charge is -2.41. The van der Waals surface area contributed by atoms with Crippen LogP contribution >= 0.6 is 0 Å². The van der Waals surface area contributed by atoms with Crippen LogP contribution in [0, 0.1) is 0 Å². The van der Waals surface area contributed by atoms with Crippen molar-refractivity contribution >= 4 is 17.5 Å². The van der Waals surface area contributed by atoms with E-state index in [1.807, 2.05) is 11.9 Å². The van der Waals surface area contributed by atoms with Crippen LogP contribution in [0.3, 0.4) is 0 Å². The number of ether oxygens (including phenoxy) is 1. The normalized spacial score (nSPS) is 24.9. The lowest BCUT2D eigenvalue weighted by molar-refractivity contribution is -0.133. The summed E-state index contributed by atoms with van der Waals surface area (Å²) in [5.41, 5.74) is 1.11. The van der Waals surface area contributed by atoms with E-state index >= 15 is 0 Å². The number of piperidine rings is 2. The zero-order valence-electron chi connectivity index (χ0n) is 18.6. The number of anilines is 2. The molecule has 5 heterocycles. The largest absolute Gasteiger partial charge is 0.379 e. The van der Waals surface area contributed by atoms with Gasteiger partial charge < -0.3 is 24.8 Å². The third kappa shape index (κ3) is 4.36. The van der Waals surface area contributed by atoms with Crippen molar-refractivity contribution in [2.45, 2.75) is 44.3 Å². The van der Waals surface area contributed by atoms with Gasteiger partial charge in [0.2, 0.25) is 5.91 Å². The lowest BCUT2D eigenvalue weighted by Crippen LogP contribution is -2.49. The Hall–Kier alpha value is -1.97. The van der Waals surface area contributed by atoms with E-state index in [-0.39, 0.29) is 5.91 Å². The number of carbonyl (C=O) groups excluding carboxylic acids is 1. The summed E-state index contributed by atoms with van der Waals surface area (Å²) in [6.45, 7) is 8.74. The Bertz CT molecular complexity index is 771. The van der Waals surface area contributed by atoms with Crippen LogP contribution in [0.1, 0.15) is 31.2 Å². The molecule has 0 saturated carbocycles. The Kier molecular flexibility index (Phi) is 6.24. The number of nitrogens with one attached hydrogen (secondary N) is 1. The molecule has 0 radical (unpaired) electrons. The van der Waals surface area contributed by atoms with Gasteiger partial charge in [0.25, 0.3) is 0 Å². The Morgan fingerprint density at radius 1 is 0.935 bits per heavy atom. The van der Waals surface area contributed by atoms with Crippen molar-refractivity contribution in [3.05, 3.63) is 11.9 Å². The van der Waals surface area contributed by atoms with Crippen LogP contribution in [0.4, 0.5) is 11.6 Å². The summed E-state index contributed by atoms with van der Waals surface area (Å²) in [7, 11) is 1.98. The van der Waals surface area contributed by atoms with E-state index in [1.165, 1.54) is 0 Å². The fourth-order valence-corrected chi connectivity index (χ4v) is 5.60. The maximum absolute atomic E-state index is 13.1. The van der Waals surface area contributed by atoms with E-state index in [0.29, 0.717) is 25.2 Å². The zero-order valence-corrected chi connectivity index (χ0v) is 18.6. The summed E-state index contributed by atoms with van der Waals surface area (Å²) in [5, 5.41) is 3.41. The van der Waals surface area contributed by atoms with Crippen LogP contribution in [0.15, 0.2) is 6.33 Å². The van der Waals surface area contributed by atoms with E-state index in [0.717, 1.165) is 95.4 Å². The first-order valence-electron chi connectivity index (χ1n) is 11.8. The number of nitrogens with zero attached hydrogens (tertiary/aromatic N) is 6. The molecular weight excluding hydrogens is 394 g/mol. The predicted octanol–water partition coefficient (Wildman–Crippen LogP) is 0.308. The average molecular weight is 430 g/mol. The summed E-state index contributed by atoms with van der Waals surface area (Å²) >= 11 is 0. The second-order valence-corrected chi connectivity index (χ2v) is 9.22. The van der Waals surface area contributed by atoms with Crippen LogP contribution in [-0.4, -0.2) is 104 Å². The number of morpholine rings is 1. The third-order valence-corrected chi connectivity index (χ3v) is 7.36. The van der Waals surface area contributed by atoms with Gasteiger partial charge in [-0.25, -0.2) is 9.97 Å². The van der Waals surface area contributed by atoms with Crippen molar-refractivity contribution < 1.29 is 9.53 Å². The van der Waals surface area contributed by atoms with Gasteiger partial charge in [0.15, 0.2) is 0 Å². The first-order chi connectivity index (χ1) is 15.2. The van der Waals surface area contributed by atoms with Gasteiger partial charge in [0.1, 0.15) is 18.0 Å². The summed E-state index contributed by atoms with van der Waals surface area (Å²) < 4.78 is 5.52. The van der Waals surface area contributed by atoms with Gasteiger partial charge in [-0.3, -0.25) is 9.69 Å². The molecule has 1 aromatic heterocycles. The number of amides is 1. The molecule has 3 saturated heterocycles. The van der Waals surface area contributed by atoms with Crippen LogP contribution in [-0.2, 0) is 16.1 Å². The van der Waals surface area contributed by atoms with E-state index in [9.17, 15) is 4.79 Å². The van der Waals surface area contributed by atoms with Gasteiger partial charge >= 0.3 is 0 Å². The molecule has 170 valence electrons. The molecular formula is C22H35N7O2. The van der Waals surface area contributed by atoms with Crippen molar-refractivity contribution in [2.24, 2.45) is 0 Å². The molecule has 1 amide bonds. The fraction of sp³-hybridized carbons (Fsp3) is 0.773. The molecule has 0 atom stereocenters. The monoisotopic (exact) mass is 429 g/mol. The number of rotatable bonds is 3. The SMILES string of the molecule is CN1CC(=O)N(C2CCNCC2)Cc2c1ncnc2N1CCC(N2CCOCC2)CC1. The quantitative estimate of drug-likeness (QED) is 0.736. The highest BCUT2D eigenvalue weighted by molar-refractivity contribution is 5.84. The van der Waals surface area contributed by atoms with Crippen LogP contribution in [0.2, 0.25) is 0 Å². The van der Waals surface area contributed by atoms with Gasteiger partial charge in [0.05, 0.1) is 31.9 Å². The molecule has 0 spiro atoms. The molecule has 9 heteroatoms. The molecule has 3 fully saturated rings. The maximum Gasteiger partial charge on any atom is 0.242 e. The van der Waals surface area contributed by atoms with Crippen LogP contribution in [0.5, 0.6) is 0 Å². The summed E-state index contributed by atoms with van der Waals surface area (Å²) in [6.07, 6.45) is 5.98. The molecule has 4 aliphatic heterocycles. The van der Waals surface area contributed by atoms with Crippen molar-refractivity contribution in [3.8, 4) is 0 Å². The Morgan fingerprint density at radius 2 is 1.65 bits per heavy atom. The van der Waals surface area contributed by atoms with Crippen LogP contribution in [0.25, 0.3) is 0 Å². The summed E-state index contributed by atoms with van der Waals surface area (Å²) in [6, 6.07) is 0.935. The number of aromatic nitrogens is 2. The van der Waals surface area contributed by atoms with Crippen LogP contribution < -0.4 is 15.1 Å². The van der Waals surface area contributed by atoms with Crippen molar-refractivity contribution in [1.29, 1.82) is 0 Å². The smallest absolute Gasteiger partial charge is 0.242 e. The van der Waals surface area contributed by atoms with E-state index in [4.69, 9.17) is 9.72 Å². The van der Waals surface area contributed by atoms with Gasteiger partial charge in [-0.15, -0.1) is 0 Å². The fourth-order valence-electron chi connectivity index (χ4n) is 5.60. The molecule has 31 heavy (non-hydrogen) atoms. The number of fused-ring (bicyclic) bond motifs is 1. The summed E-state index contributed by atoms with van der Waals surface area (Å²) in [4.78, 5) is 31.5.